The maximum atomic E-state index is 12.6. The first kappa shape index (κ1) is 15.5. The van der Waals surface area contributed by atoms with Crippen molar-refractivity contribution in [1.29, 1.82) is 0 Å². The van der Waals surface area contributed by atoms with E-state index in [2.05, 4.69) is 10.3 Å². The topological polar surface area (TPSA) is 24.9 Å². The number of rotatable bonds is 3. The Hall–Kier alpha value is -1.88. The molecule has 2 rings (SSSR count). The number of aromatic nitrogens is 1. The van der Waals surface area contributed by atoms with Crippen LogP contribution in [0.15, 0.2) is 36.5 Å². The van der Waals surface area contributed by atoms with E-state index in [1.165, 1.54) is 12.1 Å². The smallest absolute Gasteiger partial charge is 0.308 e. The Bertz CT molecular complexity index is 618. The molecule has 112 valence electrons. The molecule has 1 aromatic carbocycles. The Kier molecular flexibility index (Phi) is 4.32. The molecular weight excluding hydrogens is 277 g/mol. The number of hydrogen-bond acceptors (Lipinski definition) is 2. The van der Waals surface area contributed by atoms with Crippen LogP contribution in [-0.4, -0.2) is 12.0 Å². The number of nitrogens with zero attached hydrogens (tertiary/aromatic N) is 1. The Balaban J connectivity index is 2.37. The normalized spacial score (nSPS) is 13.2. The van der Waals surface area contributed by atoms with Gasteiger partial charge >= 0.3 is 6.18 Å². The highest BCUT2D eigenvalue weighted by molar-refractivity contribution is 5.35. The van der Waals surface area contributed by atoms with Crippen molar-refractivity contribution in [1.82, 2.24) is 10.3 Å². The van der Waals surface area contributed by atoms with Gasteiger partial charge in [-0.05, 0) is 49.7 Å². The van der Waals surface area contributed by atoms with Crippen molar-refractivity contribution in [2.75, 3.05) is 7.05 Å². The van der Waals surface area contributed by atoms with Crippen molar-refractivity contribution in [3.63, 3.8) is 0 Å². The highest BCUT2D eigenvalue weighted by Crippen LogP contribution is 2.31. The van der Waals surface area contributed by atoms with Gasteiger partial charge in [-0.3, -0.25) is 4.98 Å². The number of alkyl halides is 3. The molecular formula is C16H17F3N2. The van der Waals surface area contributed by atoms with Crippen molar-refractivity contribution in [2.45, 2.75) is 26.1 Å². The van der Waals surface area contributed by atoms with Crippen LogP contribution in [0.3, 0.4) is 0 Å². The molecule has 0 saturated carbocycles. The van der Waals surface area contributed by atoms with Gasteiger partial charge in [-0.1, -0.05) is 18.2 Å². The monoisotopic (exact) mass is 294 g/mol. The first-order valence-corrected chi connectivity index (χ1v) is 6.60. The third-order valence-electron chi connectivity index (χ3n) is 3.39. The van der Waals surface area contributed by atoms with Crippen LogP contribution in [0.2, 0.25) is 0 Å². The molecule has 1 heterocycles. The highest BCUT2D eigenvalue weighted by Gasteiger charge is 2.30. The molecule has 21 heavy (non-hydrogen) atoms. The molecule has 2 aromatic rings. The minimum absolute atomic E-state index is 0.229. The molecule has 2 nitrogen and oxygen atoms in total. The summed E-state index contributed by atoms with van der Waals surface area (Å²) in [7, 11) is 1.77. The van der Waals surface area contributed by atoms with Crippen LogP contribution in [-0.2, 0) is 6.18 Å². The van der Waals surface area contributed by atoms with Crippen molar-refractivity contribution >= 4 is 0 Å². The minimum Gasteiger partial charge on any atom is -0.308 e. The Morgan fingerprint density at radius 1 is 1.10 bits per heavy atom. The van der Waals surface area contributed by atoms with Crippen molar-refractivity contribution < 1.29 is 13.2 Å². The first-order valence-electron chi connectivity index (χ1n) is 6.60. The SMILES string of the molecule is CNC(c1ccc(C(F)(F)F)cc1)c1ncc(C)cc1C. The summed E-state index contributed by atoms with van der Waals surface area (Å²) in [6.07, 6.45) is -2.55. The molecule has 0 aliphatic carbocycles. The number of aryl methyl sites for hydroxylation is 2. The molecule has 0 saturated heterocycles. The van der Waals surface area contributed by atoms with Crippen molar-refractivity contribution in [2.24, 2.45) is 0 Å². The highest BCUT2D eigenvalue weighted by atomic mass is 19.4. The van der Waals surface area contributed by atoms with Crippen LogP contribution in [0.4, 0.5) is 13.2 Å². The zero-order valence-electron chi connectivity index (χ0n) is 12.1. The van der Waals surface area contributed by atoms with Gasteiger partial charge in [0.2, 0.25) is 0 Å². The summed E-state index contributed by atoms with van der Waals surface area (Å²) in [6, 6.07) is 6.96. The van der Waals surface area contributed by atoms with Crippen LogP contribution in [0.25, 0.3) is 0 Å². The summed E-state index contributed by atoms with van der Waals surface area (Å²) < 4.78 is 37.8. The lowest BCUT2D eigenvalue weighted by Crippen LogP contribution is -2.20. The standard InChI is InChI=1S/C16H17F3N2/c1-10-8-11(2)14(21-9-10)15(20-3)12-4-6-13(7-5-12)16(17,18)19/h4-9,15,20H,1-3H3. The predicted octanol–water partition coefficient (Wildman–Crippen LogP) is 4.03. The molecule has 1 N–H and O–H groups in total. The van der Waals surface area contributed by atoms with Gasteiger partial charge in [0, 0.05) is 6.20 Å². The van der Waals surface area contributed by atoms with Crippen molar-refractivity contribution in [3.8, 4) is 0 Å². The van der Waals surface area contributed by atoms with Crippen LogP contribution in [0.1, 0.15) is 34.0 Å². The van der Waals surface area contributed by atoms with E-state index < -0.39 is 11.7 Å². The van der Waals surface area contributed by atoms with Gasteiger partial charge < -0.3 is 5.32 Å². The maximum Gasteiger partial charge on any atom is 0.416 e. The average Bonchev–Trinajstić information content (AvgIpc) is 2.41. The molecule has 0 spiro atoms. The lowest BCUT2D eigenvalue weighted by molar-refractivity contribution is -0.137. The fraction of sp³-hybridized carbons (Fsp3) is 0.312. The number of hydrogen-bond donors (Lipinski definition) is 1. The van der Waals surface area contributed by atoms with Gasteiger partial charge in [-0.25, -0.2) is 0 Å². The summed E-state index contributed by atoms with van der Waals surface area (Å²) in [4.78, 5) is 4.41. The molecule has 1 aromatic heterocycles. The molecule has 1 atom stereocenters. The second kappa shape index (κ2) is 5.85. The van der Waals surface area contributed by atoms with Crippen LogP contribution in [0.5, 0.6) is 0 Å². The quantitative estimate of drug-likeness (QED) is 0.924. The van der Waals surface area contributed by atoms with E-state index in [4.69, 9.17) is 0 Å². The molecule has 0 amide bonds. The summed E-state index contributed by atoms with van der Waals surface area (Å²) >= 11 is 0. The number of halogens is 3. The zero-order chi connectivity index (χ0) is 15.6. The summed E-state index contributed by atoms with van der Waals surface area (Å²) in [5, 5.41) is 3.11. The van der Waals surface area contributed by atoms with E-state index in [0.29, 0.717) is 0 Å². The van der Waals surface area contributed by atoms with Gasteiger partial charge in [-0.2, -0.15) is 13.2 Å². The fourth-order valence-electron chi connectivity index (χ4n) is 2.35. The van der Waals surface area contributed by atoms with E-state index in [1.54, 1.807) is 13.2 Å². The predicted molar refractivity (Wildman–Crippen MR) is 76.1 cm³/mol. The van der Waals surface area contributed by atoms with Crippen LogP contribution >= 0.6 is 0 Å². The van der Waals surface area contributed by atoms with Gasteiger partial charge in [0.1, 0.15) is 0 Å². The number of benzene rings is 1. The molecule has 5 heteroatoms. The Labute approximate surface area is 122 Å². The zero-order valence-corrected chi connectivity index (χ0v) is 12.1. The lowest BCUT2D eigenvalue weighted by Gasteiger charge is -2.19. The van der Waals surface area contributed by atoms with Gasteiger partial charge in [0.15, 0.2) is 0 Å². The molecule has 0 aliphatic rings. The molecule has 0 fully saturated rings. The molecule has 1 unspecified atom stereocenters. The average molecular weight is 294 g/mol. The van der Waals surface area contributed by atoms with Crippen LogP contribution in [0, 0.1) is 13.8 Å². The van der Waals surface area contributed by atoms with Gasteiger partial charge in [0.05, 0.1) is 17.3 Å². The second-order valence-electron chi connectivity index (χ2n) is 5.06. The Morgan fingerprint density at radius 3 is 2.19 bits per heavy atom. The van der Waals surface area contributed by atoms with Crippen molar-refractivity contribution in [3.05, 3.63) is 64.5 Å². The van der Waals surface area contributed by atoms with E-state index >= 15 is 0 Å². The van der Waals surface area contributed by atoms with E-state index in [9.17, 15) is 13.2 Å². The second-order valence-corrected chi connectivity index (χ2v) is 5.06. The number of pyridine rings is 1. The lowest BCUT2D eigenvalue weighted by atomic mass is 9.98. The Morgan fingerprint density at radius 2 is 1.71 bits per heavy atom. The first-order chi connectivity index (χ1) is 9.82. The van der Waals surface area contributed by atoms with Crippen LogP contribution < -0.4 is 5.32 Å². The largest absolute Gasteiger partial charge is 0.416 e. The van der Waals surface area contributed by atoms with Gasteiger partial charge in [0.25, 0.3) is 0 Å². The third-order valence-corrected chi connectivity index (χ3v) is 3.39. The summed E-state index contributed by atoms with van der Waals surface area (Å²) in [6.45, 7) is 3.90. The summed E-state index contributed by atoms with van der Waals surface area (Å²) in [5.74, 6) is 0. The molecule has 0 radical (unpaired) electrons. The minimum atomic E-state index is -4.31. The van der Waals surface area contributed by atoms with Gasteiger partial charge in [-0.15, -0.1) is 0 Å². The summed E-state index contributed by atoms with van der Waals surface area (Å²) in [5.41, 5.74) is 3.00. The molecule has 0 aliphatic heterocycles. The maximum absolute atomic E-state index is 12.6. The number of nitrogens with one attached hydrogen (secondary N) is 1. The third kappa shape index (κ3) is 3.42. The van der Waals surface area contributed by atoms with E-state index in [0.717, 1.165) is 34.5 Å². The fourth-order valence-corrected chi connectivity index (χ4v) is 2.35. The van der Waals surface area contributed by atoms with E-state index in [1.807, 2.05) is 19.9 Å². The molecule has 0 bridgehead atoms. The van der Waals surface area contributed by atoms with E-state index in [-0.39, 0.29) is 6.04 Å².